The van der Waals surface area contributed by atoms with E-state index in [4.69, 9.17) is 9.47 Å². The highest BCUT2D eigenvalue weighted by molar-refractivity contribution is 9.10. The minimum Gasteiger partial charge on any atom is -0.483 e. The summed E-state index contributed by atoms with van der Waals surface area (Å²) in [5.74, 6) is 0.0781. The average molecular weight is 429 g/mol. The summed E-state index contributed by atoms with van der Waals surface area (Å²) in [4.78, 5) is 28.4. The standard InChI is InChI=1S/C18H22BrFN2O4/c19-15-11-14(20)1-2-16(15)26-12-17(23)21-5-3-13(4-6-21)18(24)22-7-9-25-10-8-22/h1-2,11,13H,3-10,12H2. The number of ether oxygens (including phenoxy) is 2. The molecule has 0 bridgehead atoms. The minimum atomic E-state index is -0.373. The summed E-state index contributed by atoms with van der Waals surface area (Å²) in [6.07, 6.45) is 1.34. The quantitative estimate of drug-likeness (QED) is 0.736. The van der Waals surface area contributed by atoms with Gasteiger partial charge >= 0.3 is 0 Å². The van der Waals surface area contributed by atoms with Gasteiger partial charge in [-0.25, -0.2) is 4.39 Å². The Labute approximate surface area is 160 Å². The molecule has 0 atom stereocenters. The molecule has 0 N–H and O–H groups in total. The number of morpholine rings is 1. The molecular weight excluding hydrogens is 407 g/mol. The molecule has 0 aliphatic carbocycles. The first-order chi connectivity index (χ1) is 12.5. The highest BCUT2D eigenvalue weighted by Gasteiger charge is 2.30. The van der Waals surface area contributed by atoms with Gasteiger partial charge in [0.2, 0.25) is 5.91 Å². The van der Waals surface area contributed by atoms with Gasteiger partial charge in [0.05, 0.1) is 17.7 Å². The Balaban J connectivity index is 1.45. The van der Waals surface area contributed by atoms with Crippen LogP contribution in [-0.2, 0) is 14.3 Å². The number of nitrogens with zero attached hydrogens (tertiary/aromatic N) is 2. The van der Waals surface area contributed by atoms with E-state index in [1.807, 2.05) is 4.90 Å². The molecule has 2 aliphatic rings. The summed E-state index contributed by atoms with van der Waals surface area (Å²) in [5, 5.41) is 0. The molecule has 2 heterocycles. The molecule has 8 heteroatoms. The topological polar surface area (TPSA) is 59.1 Å². The Bertz CT molecular complexity index is 659. The summed E-state index contributed by atoms with van der Waals surface area (Å²) in [6.45, 7) is 3.49. The van der Waals surface area contributed by atoms with Gasteiger partial charge in [0, 0.05) is 32.1 Å². The fourth-order valence-electron chi connectivity index (χ4n) is 3.24. The third-order valence-corrected chi connectivity index (χ3v) is 5.38. The van der Waals surface area contributed by atoms with Crippen molar-refractivity contribution in [2.75, 3.05) is 46.0 Å². The van der Waals surface area contributed by atoms with Crippen molar-refractivity contribution in [2.45, 2.75) is 12.8 Å². The van der Waals surface area contributed by atoms with E-state index in [2.05, 4.69) is 15.9 Å². The van der Waals surface area contributed by atoms with E-state index in [-0.39, 0.29) is 30.2 Å². The second kappa shape index (κ2) is 8.81. The lowest BCUT2D eigenvalue weighted by atomic mass is 9.95. The smallest absolute Gasteiger partial charge is 0.260 e. The van der Waals surface area contributed by atoms with E-state index in [1.165, 1.54) is 18.2 Å². The highest BCUT2D eigenvalue weighted by atomic mass is 79.9. The summed E-state index contributed by atoms with van der Waals surface area (Å²) in [5.41, 5.74) is 0. The number of amides is 2. The molecule has 0 unspecified atom stereocenters. The maximum absolute atomic E-state index is 13.1. The van der Waals surface area contributed by atoms with E-state index >= 15 is 0 Å². The number of carbonyl (C=O) groups excluding carboxylic acids is 2. The average Bonchev–Trinajstić information content (AvgIpc) is 2.67. The molecule has 1 aromatic rings. The van der Waals surface area contributed by atoms with Crippen LogP contribution in [0, 0.1) is 11.7 Å². The maximum Gasteiger partial charge on any atom is 0.260 e. The summed E-state index contributed by atoms with van der Waals surface area (Å²) in [7, 11) is 0. The highest BCUT2D eigenvalue weighted by Crippen LogP contribution is 2.26. The number of benzene rings is 1. The molecule has 6 nitrogen and oxygen atoms in total. The van der Waals surface area contributed by atoms with E-state index in [1.54, 1.807) is 4.90 Å². The Morgan fingerprint density at radius 1 is 1.15 bits per heavy atom. The van der Waals surface area contributed by atoms with Gasteiger partial charge in [0.25, 0.3) is 5.91 Å². The lowest BCUT2D eigenvalue weighted by molar-refractivity contribution is -0.144. The van der Waals surface area contributed by atoms with E-state index in [9.17, 15) is 14.0 Å². The van der Waals surface area contributed by atoms with Gasteiger partial charge in [-0.3, -0.25) is 9.59 Å². The zero-order chi connectivity index (χ0) is 18.5. The number of rotatable bonds is 4. The van der Waals surface area contributed by atoms with Gasteiger partial charge in [-0.2, -0.15) is 0 Å². The normalized spacial score (nSPS) is 18.7. The van der Waals surface area contributed by atoms with Crippen LogP contribution in [0.1, 0.15) is 12.8 Å². The number of hydrogen-bond acceptors (Lipinski definition) is 4. The first kappa shape index (κ1) is 19.1. The van der Waals surface area contributed by atoms with Crippen molar-refractivity contribution in [3.63, 3.8) is 0 Å². The summed E-state index contributed by atoms with van der Waals surface area (Å²) < 4.78 is 24.3. The largest absolute Gasteiger partial charge is 0.483 e. The van der Waals surface area contributed by atoms with Crippen LogP contribution in [-0.4, -0.2) is 67.6 Å². The van der Waals surface area contributed by atoms with Crippen LogP contribution in [0.25, 0.3) is 0 Å². The van der Waals surface area contributed by atoms with Crippen molar-refractivity contribution in [1.29, 1.82) is 0 Å². The fraction of sp³-hybridized carbons (Fsp3) is 0.556. The second-order valence-corrected chi connectivity index (χ2v) is 7.31. The Morgan fingerprint density at radius 2 is 1.85 bits per heavy atom. The Morgan fingerprint density at radius 3 is 2.50 bits per heavy atom. The van der Waals surface area contributed by atoms with Gasteiger partial charge in [-0.15, -0.1) is 0 Å². The number of likely N-dealkylation sites (tertiary alicyclic amines) is 1. The fourth-order valence-corrected chi connectivity index (χ4v) is 3.71. The predicted octanol–water partition coefficient (Wildman–Crippen LogP) is 2.06. The molecule has 3 rings (SSSR count). The second-order valence-electron chi connectivity index (χ2n) is 6.46. The molecule has 2 amide bonds. The van der Waals surface area contributed by atoms with Gasteiger partial charge in [0.15, 0.2) is 6.61 Å². The molecule has 0 spiro atoms. The van der Waals surface area contributed by atoms with Gasteiger partial charge in [-0.1, -0.05) is 0 Å². The van der Waals surface area contributed by atoms with Crippen molar-refractivity contribution in [3.05, 3.63) is 28.5 Å². The first-order valence-corrected chi connectivity index (χ1v) is 9.56. The molecule has 0 aromatic heterocycles. The molecule has 2 saturated heterocycles. The number of carbonyl (C=O) groups is 2. The molecule has 0 saturated carbocycles. The Kier molecular flexibility index (Phi) is 6.48. The monoisotopic (exact) mass is 428 g/mol. The summed E-state index contributed by atoms with van der Waals surface area (Å²) >= 11 is 3.21. The lowest BCUT2D eigenvalue weighted by Crippen LogP contribution is -2.48. The van der Waals surface area contributed by atoms with E-state index in [0.717, 1.165) is 0 Å². The molecule has 142 valence electrons. The van der Waals surface area contributed by atoms with Crippen molar-refractivity contribution < 1.29 is 23.5 Å². The third-order valence-electron chi connectivity index (χ3n) is 4.76. The zero-order valence-electron chi connectivity index (χ0n) is 14.5. The van der Waals surface area contributed by atoms with Crippen LogP contribution in [0.3, 0.4) is 0 Å². The van der Waals surface area contributed by atoms with Crippen LogP contribution < -0.4 is 4.74 Å². The molecule has 1 aromatic carbocycles. The molecular formula is C18H22BrFN2O4. The third kappa shape index (κ3) is 4.73. The van der Waals surface area contributed by atoms with Gasteiger partial charge < -0.3 is 19.3 Å². The van der Waals surface area contributed by atoms with Crippen LogP contribution in [0.2, 0.25) is 0 Å². The molecule has 0 radical (unpaired) electrons. The zero-order valence-corrected chi connectivity index (χ0v) is 16.0. The number of hydrogen-bond donors (Lipinski definition) is 0. The van der Waals surface area contributed by atoms with Crippen LogP contribution in [0.4, 0.5) is 4.39 Å². The van der Waals surface area contributed by atoms with Crippen molar-refractivity contribution in [1.82, 2.24) is 9.80 Å². The van der Waals surface area contributed by atoms with Crippen LogP contribution in [0.15, 0.2) is 22.7 Å². The Hall–Kier alpha value is -1.67. The van der Waals surface area contributed by atoms with Crippen molar-refractivity contribution >= 4 is 27.7 Å². The number of halogens is 2. The molecule has 2 fully saturated rings. The molecule has 2 aliphatic heterocycles. The predicted molar refractivity (Wildman–Crippen MR) is 96.3 cm³/mol. The minimum absolute atomic E-state index is 0.0238. The van der Waals surface area contributed by atoms with Crippen LogP contribution >= 0.6 is 15.9 Å². The van der Waals surface area contributed by atoms with Gasteiger partial charge in [0.1, 0.15) is 11.6 Å². The maximum atomic E-state index is 13.1. The summed E-state index contributed by atoms with van der Waals surface area (Å²) in [6, 6.07) is 4.07. The lowest BCUT2D eigenvalue weighted by Gasteiger charge is -2.35. The first-order valence-electron chi connectivity index (χ1n) is 8.77. The van der Waals surface area contributed by atoms with Crippen LogP contribution in [0.5, 0.6) is 5.75 Å². The molecule has 26 heavy (non-hydrogen) atoms. The van der Waals surface area contributed by atoms with E-state index in [0.29, 0.717) is 62.5 Å². The van der Waals surface area contributed by atoms with Crippen molar-refractivity contribution in [3.8, 4) is 5.75 Å². The van der Waals surface area contributed by atoms with Gasteiger partial charge in [-0.05, 0) is 47.0 Å². The SMILES string of the molecule is O=C(COc1ccc(F)cc1Br)N1CCC(C(=O)N2CCOCC2)CC1. The number of piperidine rings is 1. The van der Waals surface area contributed by atoms with E-state index < -0.39 is 0 Å². The van der Waals surface area contributed by atoms with Crippen molar-refractivity contribution in [2.24, 2.45) is 5.92 Å².